The Morgan fingerprint density at radius 1 is 1.39 bits per heavy atom. The fourth-order valence-corrected chi connectivity index (χ4v) is 4.27. The van der Waals surface area contributed by atoms with Crippen molar-refractivity contribution in [2.75, 3.05) is 12.4 Å². The number of rotatable bonds is 6. The summed E-state index contributed by atoms with van der Waals surface area (Å²) in [6, 6.07) is 3.93. The van der Waals surface area contributed by atoms with Crippen LogP contribution in [0.5, 0.6) is 0 Å². The Hall–Kier alpha value is -1.54. The highest BCUT2D eigenvalue weighted by atomic mass is 32.2. The van der Waals surface area contributed by atoms with E-state index in [1.165, 1.54) is 39.2 Å². The van der Waals surface area contributed by atoms with Gasteiger partial charge in [0.25, 0.3) is 0 Å². The van der Waals surface area contributed by atoms with Crippen molar-refractivity contribution in [3.8, 4) is 0 Å². The maximum absolute atomic E-state index is 11.3. The molecule has 0 aliphatic heterocycles. The maximum atomic E-state index is 11.3. The molecular weight excluding hydrogens is 334 g/mol. The molecule has 0 radical (unpaired) electrons. The zero-order valence-electron chi connectivity index (χ0n) is 12.9. The Balaban J connectivity index is 1.50. The second-order valence-electron chi connectivity index (χ2n) is 5.40. The van der Waals surface area contributed by atoms with E-state index in [0.29, 0.717) is 17.6 Å². The molecule has 1 fully saturated rings. The molecule has 8 heteroatoms. The number of methoxy groups -OCH3 is 1. The van der Waals surface area contributed by atoms with E-state index in [9.17, 15) is 4.79 Å². The third-order valence-electron chi connectivity index (χ3n) is 3.73. The van der Waals surface area contributed by atoms with Crippen LogP contribution in [0.4, 0.5) is 5.13 Å². The van der Waals surface area contributed by atoms with Gasteiger partial charge in [-0.05, 0) is 25.0 Å². The molecule has 0 amide bonds. The Morgan fingerprint density at radius 2 is 2.22 bits per heavy atom. The van der Waals surface area contributed by atoms with E-state index < -0.39 is 5.97 Å². The largest absolute Gasteiger partial charge is 0.463 e. The molecule has 0 aromatic carbocycles. The van der Waals surface area contributed by atoms with Crippen LogP contribution in [0.2, 0.25) is 0 Å². The van der Waals surface area contributed by atoms with Crippen molar-refractivity contribution >= 4 is 34.2 Å². The number of nitrogens with zero attached hydrogens (tertiary/aromatic N) is 2. The van der Waals surface area contributed by atoms with E-state index in [-0.39, 0.29) is 5.76 Å². The van der Waals surface area contributed by atoms with Gasteiger partial charge in [-0.25, -0.2) is 4.79 Å². The molecule has 1 aliphatic rings. The molecule has 0 spiro atoms. The van der Waals surface area contributed by atoms with E-state index in [1.54, 1.807) is 35.2 Å². The third kappa shape index (κ3) is 4.48. The average Bonchev–Trinajstić information content (AvgIpc) is 3.22. The number of ether oxygens (including phenoxy) is 1. The van der Waals surface area contributed by atoms with Crippen molar-refractivity contribution in [2.45, 2.75) is 48.2 Å². The molecule has 23 heavy (non-hydrogen) atoms. The standard InChI is InChI=1S/C15H19N3O3S2/c1-20-13(19)12-8-7-11(21-12)9-22-15-18-17-14(23-15)16-10-5-3-2-4-6-10/h7-8,10H,2-6,9H2,1H3,(H,16,17). The van der Waals surface area contributed by atoms with Crippen molar-refractivity contribution in [3.05, 3.63) is 23.7 Å². The van der Waals surface area contributed by atoms with Crippen LogP contribution < -0.4 is 5.32 Å². The third-order valence-corrected chi connectivity index (χ3v) is 5.74. The fraction of sp³-hybridized carbons (Fsp3) is 0.533. The molecule has 0 atom stereocenters. The molecule has 0 saturated heterocycles. The van der Waals surface area contributed by atoms with Crippen molar-refractivity contribution in [1.29, 1.82) is 0 Å². The monoisotopic (exact) mass is 353 g/mol. The first kappa shape index (κ1) is 16.3. The van der Waals surface area contributed by atoms with Crippen LogP contribution in [-0.4, -0.2) is 29.3 Å². The molecule has 1 saturated carbocycles. The zero-order chi connectivity index (χ0) is 16.1. The first-order valence-corrected chi connectivity index (χ1v) is 9.44. The quantitative estimate of drug-likeness (QED) is 0.622. The number of furan rings is 1. The van der Waals surface area contributed by atoms with Gasteiger partial charge in [0.15, 0.2) is 4.34 Å². The lowest BCUT2D eigenvalue weighted by atomic mass is 9.96. The first-order valence-electron chi connectivity index (χ1n) is 7.64. The fourth-order valence-electron chi connectivity index (χ4n) is 2.55. The minimum absolute atomic E-state index is 0.222. The van der Waals surface area contributed by atoms with E-state index >= 15 is 0 Å². The number of nitrogens with one attached hydrogen (secondary N) is 1. The summed E-state index contributed by atoms with van der Waals surface area (Å²) in [5.41, 5.74) is 0. The van der Waals surface area contributed by atoms with Gasteiger partial charge >= 0.3 is 5.97 Å². The first-order chi connectivity index (χ1) is 11.2. The summed E-state index contributed by atoms with van der Waals surface area (Å²) in [5.74, 6) is 1.08. The molecule has 2 aromatic rings. The summed E-state index contributed by atoms with van der Waals surface area (Å²) < 4.78 is 10.9. The van der Waals surface area contributed by atoms with E-state index in [2.05, 4.69) is 20.3 Å². The van der Waals surface area contributed by atoms with Crippen molar-refractivity contribution in [1.82, 2.24) is 10.2 Å². The molecule has 0 bridgehead atoms. The minimum Gasteiger partial charge on any atom is -0.463 e. The Bertz CT molecular complexity index is 650. The second kappa shape index (κ2) is 7.83. The predicted octanol–water partition coefficient (Wildman–Crippen LogP) is 3.95. The highest BCUT2D eigenvalue weighted by Gasteiger charge is 2.16. The van der Waals surface area contributed by atoms with Gasteiger partial charge in [0.2, 0.25) is 10.9 Å². The van der Waals surface area contributed by atoms with Crippen LogP contribution in [0.1, 0.15) is 48.4 Å². The molecule has 2 heterocycles. The number of hydrogen-bond donors (Lipinski definition) is 1. The van der Waals surface area contributed by atoms with Gasteiger partial charge in [0.05, 0.1) is 12.9 Å². The van der Waals surface area contributed by atoms with Crippen LogP contribution in [0.3, 0.4) is 0 Å². The minimum atomic E-state index is -0.462. The summed E-state index contributed by atoms with van der Waals surface area (Å²) in [6.07, 6.45) is 6.35. The van der Waals surface area contributed by atoms with Gasteiger partial charge in [-0.15, -0.1) is 10.2 Å². The molecule has 6 nitrogen and oxygen atoms in total. The Labute approximate surface area is 143 Å². The second-order valence-corrected chi connectivity index (χ2v) is 7.60. The summed E-state index contributed by atoms with van der Waals surface area (Å²) in [4.78, 5) is 11.3. The van der Waals surface area contributed by atoms with E-state index in [1.807, 2.05) is 0 Å². The average molecular weight is 353 g/mol. The molecule has 2 aromatic heterocycles. The lowest BCUT2D eigenvalue weighted by molar-refractivity contribution is 0.0563. The Morgan fingerprint density at radius 3 is 3.00 bits per heavy atom. The van der Waals surface area contributed by atoms with Gasteiger partial charge in [0, 0.05) is 6.04 Å². The van der Waals surface area contributed by atoms with Crippen LogP contribution in [-0.2, 0) is 10.5 Å². The number of hydrogen-bond acceptors (Lipinski definition) is 8. The molecule has 3 rings (SSSR count). The molecular formula is C15H19N3O3S2. The molecule has 124 valence electrons. The van der Waals surface area contributed by atoms with Gasteiger partial charge in [-0.3, -0.25) is 0 Å². The zero-order valence-corrected chi connectivity index (χ0v) is 14.5. The summed E-state index contributed by atoms with van der Waals surface area (Å²) in [5, 5.41) is 12.7. The topological polar surface area (TPSA) is 77.2 Å². The number of esters is 1. The summed E-state index contributed by atoms with van der Waals surface area (Å²) in [6.45, 7) is 0. The van der Waals surface area contributed by atoms with E-state index in [0.717, 1.165) is 9.47 Å². The predicted molar refractivity (Wildman–Crippen MR) is 90.0 cm³/mol. The highest BCUT2D eigenvalue weighted by Crippen LogP contribution is 2.30. The summed E-state index contributed by atoms with van der Waals surface area (Å²) in [7, 11) is 1.33. The lowest BCUT2D eigenvalue weighted by Crippen LogP contribution is -2.21. The van der Waals surface area contributed by atoms with Crippen molar-refractivity contribution < 1.29 is 13.9 Å². The molecule has 1 aliphatic carbocycles. The van der Waals surface area contributed by atoms with Crippen LogP contribution >= 0.6 is 23.1 Å². The van der Waals surface area contributed by atoms with Crippen molar-refractivity contribution in [3.63, 3.8) is 0 Å². The van der Waals surface area contributed by atoms with E-state index in [4.69, 9.17) is 4.42 Å². The maximum Gasteiger partial charge on any atom is 0.373 e. The molecule has 0 unspecified atom stereocenters. The van der Waals surface area contributed by atoms with Crippen molar-refractivity contribution in [2.24, 2.45) is 0 Å². The number of thioether (sulfide) groups is 1. The van der Waals surface area contributed by atoms with Crippen LogP contribution in [0, 0.1) is 0 Å². The van der Waals surface area contributed by atoms with Gasteiger partial charge in [-0.1, -0.05) is 42.4 Å². The number of anilines is 1. The Kier molecular flexibility index (Phi) is 5.56. The lowest BCUT2D eigenvalue weighted by Gasteiger charge is -2.21. The highest BCUT2D eigenvalue weighted by molar-refractivity contribution is 8.00. The SMILES string of the molecule is COC(=O)c1ccc(CSc2nnc(NC3CCCCC3)s2)o1. The van der Waals surface area contributed by atoms with Gasteiger partial charge in [0.1, 0.15) is 5.76 Å². The smallest absolute Gasteiger partial charge is 0.373 e. The number of aromatic nitrogens is 2. The molecule has 1 N–H and O–H groups in total. The number of carbonyl (C=O) groups excluding carboxylic acids is 1. The van der Waals surface area contributed by atoms with Gasteiger partial charge < -0.3 is 14.5 Å². The summed E-state index contributed by atoms with van der Waals surface area (Å²) >= 11 is 3.11. The number of carbonyl (C=O) groups is 1. The van der Waals surface area contributed by atoms with Crippen LogP contribution in [0.25, 0.3) is 0 Å². The normalized spacial score (nSPS) is 15.5. The van der Waals surface area contributed by atoms with Gasteiger partial charge in [-0.2, -0.15) is 0 Å². The van der Waals surface area contributed by atoms with Crippen LogP contribution in [0.15, 0.2) is 20.9 Å².